The van der Waals surface area contributed by atoms with Crippen molar-refractivity contribution in [3.8, 4) is 11.6 Å². The van der Waals surface area contributed by atoms with Gasteiger partial charge >= 0.3 is 0 Å². The zero-order valence-corrected chi connectivity index (χ0v) is 18.1. The highest BCUT2D eigenvalue weighted by Crippen LogP contribution is 2.40. The molecule has 1 aliphatic rings. The van der Waals surface area contributed by atoms with Gasteiger partial charge in [-0.3, -0.25) is 14.7 Å². The van der Waals surface area contributed by atoms with Crippen LogP contribution in [0.25, 0.3) is 0 Å². The van der Waals surface area contributed by atoms with Crippen LogP contribution in [-0.4, -0.2) is 50.8 Å². The van der Waals surface area contributed by atoms with Crippen molar-refractivity contribution in [2.24, 2.45) is 0 Å². The molecule has 0 aliphatic carbocycles. The SMILES string of the molecule is C[C@@H](C(=O)Nc1cnc(Oc2ccc(F)cc2F)cn1)N1CCC(F)(F)[C@@H](c2ccncc2)C1. The van der Waals surface area contributed by atoms with Gasteiger partial charge in [-0.1, -0.05) is 0 Å². The normalized spacial score (nSPS) is 18.8. The molecule has 34 heavy (non-hydrogen) atoms. The molecule has 0 bridgehead atoms. The number of nitrogens with zero attached hydrogens (tertiary/aromatic N) is 4. The minimum atomic E-state index is -2.89. The molecule has 1 fully saturated rings. The van der Waals surface area contributed by atoms with Crippen molar-refractivity contribution < 1.29 is 27.1 Å². The molecule has 1 N–H and O–H groups in total. The number of benzene rings is 1. The van der Waals surface area contributed by atoms with Crippen molar-refractivity contribution >= 4 is 11.7 Å². The second-order valence-corrected chi connectivity index (χ2v) is 7.92. The first-order valence-electron chi connectivity index (χ1n) is 10.5. The molecule has 0 radical (unpaired) electrons. The van der Waals surface area contributed by atoms with Crippen LogP contribution in [0, 0.1) is 11.6 Å². The van der Waals surface area contributed by atoms with Crippen LogP contribution in [0.5, 0.6) is 11.6 Å². The van der Waals surface area contributed by atoms with Crippen molar-refractivity contribution in [1.29, 1.82) is 0 Å². The van der Waals surface area contributed by atoms with Crippen molar-refractivity contribution in [3.63, 3.8) is 0 Å². The van der Waals surface area contributed by atoms with Gasteiger partial charge in [-0.25, -0.2) is 27.5 Å². The maximum atomic E-state index is 14.6. The second-order valence-electron chi connectivity index (χ2n) is 7.92. The van der Waals surface area contributed by atoms with Gasteiger partial charge in [0, 0.05) is 38.0 Å². The maximum absolute atomic E-state index is 14.6. The third-order valence-corrected chi connectivity index (χ3v) is 5.68. The number of hydrogen-bond donors (Lipinski definition) is 1. The second kappa shape index (κ2) is 9.72. The van der Waals surface area contributed by atoms with Crippen LogP contribution >= 0.6 is 0 Å². The van der Waals surface area contributed by atoms with Gasteiger partial charge in [0.05, 0.1) is 24.4 Å². The van der Waals surface area contributed by atoms with Crippen LogP contribution in [0.1, 0.15) is 24.8 Å². The van der Waals surface area contributed by atoms with E-state index in [1.807, 2.05) is 0 Å². The lowest BCUT2D eigenvalue weighted by Crippen LogP contribution is -2.52. The molecule has 1 aromatic carbocycles. The third-order valence-electron chi connectivity index (χ3n) is 5.68. The van der Waals surface area contributed by atoms with E-state index >= 15 is 0 Å². The van der Waals surface area contributed by atoms with E-state index in [0.717, 1.165) is 12.1 Å². The summed E-state index contributed by atoms with van der Waals surface area (Å²) in [6.07, 6.45) is 4.95. The number of likely N-dealkylation sites (tertiary alicyclic amines) is 1. The van der Waals surface area contributed by atoms with E-state index < -0.39 is 35.4 Å². The van der Waals surface area contributed by atoms with Crippen LogP contribution in [0.3, 0.4) is 0 Å². The van der Waals surface area contributed by atoms with E-state index in [0.29, 0.717) is 11.6 Å². The highest BCUT2D eigenvalue weighted by molar-refractivity contribution is 5.93. The van der Waals surface area contributed by atoms with E-state index in [4.69, 9.17) is 4.74 Å². The van der Waals surface area contributed by atoms with Crippen LogP contribution in [0.2, 0.25) is 0 Å². The van der Waals surface area contributed by atoms with Crippen molar-refractivity contribution in [2.45, 2.75) is 31.2 Å². The summed E-state index contributed by atoms with van der Waals surface area (Å²) < 4.78 is 61.1. The summed E-state index contributed by atoms with van der Waals surface area (Å²) in [5.74, 6) is -6.20. The Morgan fingerprint density at radius 1 is 1.18 bits per heavy atom. The number of amides is 1. The number of carbonyl (C=O) groups excluding carboxylic acids is 1. The number of alkyl halides is 2. The lowest BCUT2D eigenvalue weighted by Gasteiger charge is -2.40. The average molecular weight is 475 g/mol. The lowest BCUT2D eigenvalue weighted by molar-refractivity contribution is -0.125. The Morgan fingerprint density at radius 2 is 1.94 bits per heavy atom. The molecule has 0 unspecified atom stereocenters. The van der Waals surface area contributed by atoms with Crippen LogP contribution in [-0.2, 0) is 4.79 Å². The van der Waals surface area contributed by atoms with Crippen molar-refractivity contribution in [1.82, 2.24) is 19.9 Å². The summed E-state index contributed by atoms with van der Waals surface area (Å²) in [5.41, 5.74) is 0.469. The molecule has 0 spiro atoms. The number of carbonyl (C=O) groups is 1. The zero-order valence-electron chi connectivity index (χ0n) is 18.1. The first kappa shape index (κ1) is 23.6. The Labute approximate surface area is 192 Å². The van der Waals surface area contributed by atoms with Gasteiger partial charge in [0.25, 0.3) is 5.92 Å². The highest BCUT2D eigenvalue weighted by Gasteiger charge is 2.46. The maximum Gasteiger partial charge on any atom is 0.257 e. The van der Waals surface area contributed by atoms with E-state index in [9.17, 15) is 22.4 Å². The summed E-state index contributed by atoms with van der Waals surface area (Å²) in [6.45, 7) is 1.70. The fourth-order valence-corrected chi connectivity index (χ4v) is 3.72. The number of anilines is 1. The predicted molar refractivity (Wildman–Crippen MR) is 115 cm³/mol. The quantitative estimate of drug-likeness (QED) is 0.533. The van der Waals surface area contributed by atoms with Gasteiger partial charge in [0.15, 0.2) is 17.4 Å². The minimum Gasteiger partial charge on any atom is -0.434 e. The Balaban J connectivity index is 1.38. The van der Waals surface area contributed by atoms with E-state index in [2.05, 4.69) is 20.3 Å². The van der Waals surface area contributed by atoms with Crippen LogP contribution in [0.15, 0.2) is 55.1 Å². The van der Waals surface area contributed by atoms with Gasteiger partial charge < -0.3 is 10.1 Å². The summed E-state index contributed by atoms with van der Waals surface area (Å²) in [6, 6.07) is 5.25. The molecule has 4 rings (SSSR count). The fraction of sp³-hybridized carbons (Fsp3) is 0.304. The molecule has 11 heteroatoms. The zero-order chi connectivity index (χ0) is 24.3. The Morgan fingerprint density at radius 3 is 2.62 bits per heavy atom. The van der Waals surface area contributed by atoms with Gasteiger partial charge in [0.2, 0.25) is 11.8 Å². The largest absolute Gasteiger partial charge is 0.434 e. The summed E-state index contributed by atoms with van der Waals surface area (Å²) in [7, 11) is 0. The van der Waals surface area contributed by atoms with Gasteiger partial charge in [-0.2, -0.15) is 0 Å². The molecule has 178 valence electrons. The van der Waals surface area contributed by atoms with E-state index in [-0.39, 0.29) is 37.0 Å². The standard InChI is InChI=1S/C23H21F4N5O2/c1-14(32-9-6-23(26,27)17(13-32)15-4-7-28-8-5-15)22(33)31-20-11-30-21(12-29-20)34-19-3-2-16(24)10-18(19)25/h2-5,7-8,10-12,14,17H,6,9,13H2,1H3,(H,29,31,33)/t14-,17+/m0/s1. The summed E-state index contributed by atoms with van der Waals surface area (Å²) in [5, 5.41) is 2.59. The first-order chi connectivity index (χ1) is 16.2. The lowest BCUT2D eigenvalue weighted by atomic mass is 9.87. The predicted octanol–water partition coefficient (Wildman–Crippen LogP) is 4.39. The molecular formula is C23H21F4N5O2. The number of piperidine rings is 1. The summed E-state index contributed by atoms with van der Waals surface area (Å²) in [4.78, 5) is 26.3. The molecule has 7 nitrogen and oxygen atoms in total. The molecular weight excluding hydrogens is 454 g/mol. The molecule has 3 heterocycles. The Hall–Kier alpha value is -3.60. The number of nitrogens with one attached hydrogen (secondary N) is 1. The number of rotatable bonds is 6. The van der Waals surface area contributed by atoms with Gasteiger partial charge in [0.1, 0.15) is 5.82 Å². The van der Waals surface area contributed by atoms with Crippen molar-refractivity contribution in [3.05, 3.63) is 72.3 Å². The Bertz CT molecular complexity index is 1150. The van der Waals surface area contributed by atoms with Crippen molar-refractivity contribution in [2.75, 3.05) is 18.4 Å². The fourth-order valence-electron chi connectivity index (χ4n) is 3.72. The number of halogens is 4. The topological polar surface area (TPSA) is 80.2 Å². The molecule has 1 saturated heterocycles. The average Bonchev–Trinajstić information content (AvgIpc) is 2.82. The molecule has 1 amide bonds. The summed E-state index contributed by atoms with van der Waals surface area (Å²) >= 11 is 0. The molecule has 2 atom stereocenters. The Kier molecular flexibility index (Phi) is 6.73. The number of pyridine rings is 1. The van der Waals surface area contributed by atoms with Gasteiger partial charge in [-0.15, -0.1) is 0 Å². The van der Waals surface area contributed by atoms with E-state index in [1.165, 1.54) is 24.8 Å². The molecule has 2 aromatic heterocycles. The minimum absolute atomic E-state index is 0.00723. The smallest absolute Gasteiger partial charge is 0.257 e. The highest BCUT2D eigenvalue weighted by atomic mass is 19.3. The van der Waals surface area contributed by atoms with Crippen LogP contribution in [0.4, 0.5) is 23.4 Å². The molecule has 1 aliphatic heterocycles. The number of hydrogen-bond acceptors (Lipinski definition) is 6. The first-order valence-corrected chi connectivity index (χ1v) is 10.5. The monoisotopic (exact) mass is 475 g/mol. The van der Waals surface area contributed by atoms with Crippen LogP contribution < -0.4 is 10.1 Å². The number of aromatic nitrogens is 3. The van der Waals surface area contributed by atoms with E-state index in [1.54, 1.807) is 24.0 Å². The van der Waals surface area contributed by atoms with Gasteiger partial charge in [-0.05, 0) is 36.8 Å². The molecule has 3 aromatic rings. The third kappa shape index (κ3) is 5.30. The molecule has 0 saturated carbocycles. The number of ether oxygens (including phenoxy) is 1.